The smallest absolute Gasteiger partial charge is 0.410 e. The molecule has 0 radical (unpaired) electrons. The second kappa shape index (κ2) is 20.6. The summed E-state index contributed by atoms with van der Waals surface area (Å²) in [4.78, 5) is 81.1. The number of aliphatic hydroxyl groups is 1. The minimum Gasteiger partial charge on any atom is -0.444 e. The van der Waals surface area contributed by atoms with E-state index in [1.807, 2.05) is 91.2 Å². The summed E-state index contributed by atoms with van der Waals surface area (Å²) in [6.45, 7) is 17.8. The van der Waals surface area contributed by atoms with Crippen molar-refractivity contribution in [1.29, 1.82) is 0 Å². The fourth-order valence-corrected chi connectivity index (χ4v) is 8.28. The molecule has 2 aromatic heterocycles. The number of anilines is 1. The Morgan fingerprint density at radius 3 is 2.20 bits per heavy atom. The molecule has 5 rings (SSSR count). The summed E-state index contributed by atoms with van der Waals surface area (Å²) >= 11 is 1.58. The van der Waals surface area contributed by atoms with Gasteiger partial charge in [-0.1, -0.05) is 57.9 Å². The van der Waals surface area contributed by atoms with Gasteiger partial charge in [-0.05, 0) is 76.1 Å². The Morgan fingerprint density at radius 1 is 0.902 bits per heavy atom. The number of carbonyl (C=O) groups is 5. The second-order valence-electron chi connectivity index (χ2n) is 18.2. The standard InChI is InChI=1S/C45H64N8O7S/c1-29(31-14-16-32(17-15-31)38-30(2)48-28-61-38)49-41(57)35-25-34(54)27-53(35)42(58)39(44(3,4)5)50-37(55)13-11-9-10-12-20-46-40(56)33-18-19-36(47-26-33)51-21-23-52(24-22-51)43(59)60-45(6,7)8/h14-19,26,28-29,34-35,39,54H,9-13,20-25,27H2,1-8H3,(H,46,56)(H,49,57)(H,50,55)/t29-,34+,35-,39+/m0/s1. The van der Waals surface area contributed by atoms with Crippen LogP contribution < -0.4 is 20.9 Å². The lowest BCUT2D eigenvalue weighted by Crippen LogP contribution is -2.57. The maximum atomic E-state index is 14.0. The number of aryl methyl sites for hydroxylation is 1. The van der Waals surface area contributed by atoms with Crippen molar-refractivity contribution in [2.24, 2.45) is 5.41 Å². The van der Waals surface area contributed by atoms with Gasteiger partial charge in [-0.3, -0.25) is 19.2 Å². The van der Waals surface area contributed by atoms with E-state index in [1.54, 1.807) is 28.5 Å². The average molecular weight is 861 g/mol. The molecule has 2 aliphatic heterocycles. The summed E-state index contributed by atoms with van der Waals surface area (Å²) in [5, 5.41) is 19.5. The SMILES string of the molecule is Cc1ncsc1-c1ccc([C@H](C)NC(=O)[C@@H]2C[C@@H](O)CN2C(=O)[C@@H](NC(=O)CCCCCCNC(=O)c2ccc(N3CCN(C(=O)OC(C)(C)C)CC3)nc2)C(C)(C)C)cc1. The van der Waals surface area contributed by atoms with Crippen LogP contribution in [0.15, 0.2) is 48.1 Å². The summed E-state index contributed by atoms with van der Waals surface area (Å²) < 4.78 is 5.47. The number of hydrogen-bond donors (Lipinski definition) is 4. The van der Waals surface area contributed by atoms with Gasteiger partial charge in [-0.15, -0.1) is 11.3 Å². The van der Waals surface area contributed by atoms with Gasteiger partial charge in [0.2, 0.25) is 17.7 Å². The quantitative estimate of drug-likeness (QED) is 0.140. The predicted octanol–water partition coefficient (Wildman–Crippen LogP) is 5.62. The Balaban J connectivity index is 1.01. The van der Waals surface area contributed by atoms with E-state index in [1.165, 1.54) is 4.90 Å². The van der Waals surface area contributed by atoms with Crippen LogP contribution in [0.25, 0.3) is 10.4 Å². The third-order valence-electron chi connectivity index (χ3n) is 10.9. The number of ether oxygens (including phenoxy) is 1. The maximum Gasteiger partial charge on any atom is 0.410 e. The van der Waals surface area contributed by atoms with Crippen LogP contribution in [0, 0.1) is 12.3 Å². The number of benzene rings is 1. The van der Waals surface area contributed by atoms with Crippen molar-refractivity contribution in [3.63, 3.8) is 0 Å². The number of pyridine rings is 1. The Labute approximate surface area is 364 Å². The van der Waals surface area contributed by atoms with Gasteiger partial charge >= 0.3 is 6.09 Å². The average Bonchev–Trinajstić information content (AvgIpc) is 3.83. The molecular formula is C45H64N8O7S. The highest BCUT2D eigenvalue weighted by Gasteiger charge is 2.44. The van der Waals surface area contributed by atoms with Gasteiger partial charge in [0.25, 0.3) is 5.91 Å². The molecule has 2 saturated heterocycles. The second-order valence-corrected chi connectivity index (χ2v) is 19.0. The molecule has 2 fully saturated rings. The largest absolute Gasteiger partial charge is 0.444 e. The number of piperazine rings is 1. The Morgan fingerprint density at radius 2 is 1.59 bits per heavy atom. The van der Waals surface area contributed by atoms with Crippen molar-refractivity contribution in [1.82, 2.24) is 35.7 Å². The monoisotopic (exact) mass is 860 g/mol. The van der Waals surface area contributed by atoms with Crippen molar-refractivity contribution >= 4 is 46.9 Å². The van der Waals surface area contributed by atoms with Crippen LogP contribution in [0.5, 0.6) is 0 Å². The van der Waals surface area contributed by atoms with Gasteiger partial charge in [0.15, 0.2) is 0 Å². The van der Waals surface area contributed by atoms with Gasteiger partial charge in [0, 0.05) is 58.3 Å². The van der Waals surface area contributed by atoms with E-state index in [2.05, 4.69) is 30.8 Å². The number of nitrogens with one attached hydrogen (secondary N) is 3. The predicted molar refractivity (Wildman–Crippen MR) is 236 cm³/mol. The lowest BCUT2D eigenvalue weighted by atomic mass is 9.85. The van der Waals surface area contributed by atoms with Crippen LogP contribution >= 0.6 is 11.3 Å². The minimum absolute atomic E-state index is 0.00525. The number of hydrogen-bond acceptors (Lipinski definition) is 11. The van der Waals surface area contributed by atoms with Crippen LogP contribution in [-0.2, 0) is 19.1 Å². The van der Waals surface area contributed by atoms with E-state index >= 15 is 0 Å². The van der Waals surface area contributed by atoms with Crippen molar-refractivity contribution in [3.05, 3.63) is 64.9 Å². The molecule has 16 heteroatoms. The Bertz CT molecular complexity index is 1970. The minimum atomic E-state index is -0.895. The normalized spacial score (nSPS) is 18.0. The van der Waals surface area contributed by atoms with Crippen LogP contribution in [0.3, 0.4) is 0 Å². The molecule has 2 aliphatic rings. The lowest BCUT2D eigenvalue weighted by molar-refractivity contribution is -0.144. The van der Waals surface area contributed by atoms with Gasteiger partial charge in [-0.25, -0.2) is 14.8 Å². The number of β-amino-alcohol motifs (C(OH)–C–C–N with tert-alkyl or cyclic N) is 1. The molecular weight excluding hydrogens is 797 g/mol. The van der Waals surface area contributed by atoms with E-state index < -0.39 is 35.1 Å². The summed E-state index contributed by atoms with van der Waals surface area (Å²) in [6, 6.07) is 9.41. The topological polar surface area (TPSA) is 186 Å². The summed E-state index contributed by atoms with van der Waals surface area (Å²) in [6.07, 6.45) is 3.64. The van der Waals surface area contributed by atoms with Gasteiger partial charge in [-0.2, -0.15) is 0 Å². The van der Waals surface area contributed by atoms with E-state index in [-0.39, 0.29) is 49.2 Å². The van der Waals surface area contributed by atoms with E-state index in [0.29, 0.717) is 44.7 Å². The van der Waals surface area contributed by atoms with Gasteiger partial charge in [0.1, 0.15) is 23.5 Å². The molecule has 4 atom stereocenters. The number of carbonyl (C=O) groups excluding carboxylic acids is 5. The van der Waals surface area contributed by atoms with Crippen LogP contribution in [0.1, 0.15) is 115 Å². The summed E-state index contributed by atoms with van der Waals surface area (Å²) in [5.41, 5.74) is 4.01. The van der Waals surface area contributed by atoms with Crippen LogP contribution in [0.4, 0.5) is 10.6 Å². The first kappa shape index (κ1) is 47.0. The third-order valence-corrected chi connectivity index (χ3v) is 11.9. The summed E-state index contributed by atoms with van der Waals surface area (Å²) in [5.74, 6) is -0.468. The fourth-order valence-electron chi connectivity index (χ4n) is 7.47. The first-order valence-corrected chi connectivity index (χ1v) is 22.2. The first-order valence-electron chi connectivity index (χ1n) is 21.4. The molecule has 4 N–H and O–H groups in total. The van der Waals surface area contributed by atoms with Crippen molar-refractivity contribution < 1.29 is 33.8 Å². The molecule has 4 heterocycles. The highest BCUT2D eigenvalue weighted by atomic mass is 32.1. The summed E-state index contributed by atoms with van der Waals surface area (Å²) in [7, 11) is 0. The number of rotatable bonds is 15. The van der Waals surface area contributed by atoms with E-state index in [0.717, 1.165) is 46.8 Å². The van der Waals surface area contributed by atoms with Crippen LogP contribution in [-0.4, -0.2) is 118 Å². The molecule has 3 aromatic rings. The molecule has 15 nitrogen and oxygen atoms in total. The number of aromatic nitrogens is 2. The molecule has 0 saturated carbocycles. The zero-order chi connectivity index (χ0) is 44.5. The van der Waals surface area contributed by atoms with E-state index in [4.69, 9.17) is 4.74 Å². The molecule has 5 amide bonds. The third kappa shape index (κ3) is 13.2. The van der Waals surface area contributed by atoms with Crippen molar-refractivity contribution in [3.8, 4) is 10.4 Å². The van der Waals surface area contributed by atoms with E-state index in [9.17, 15) is 29.1 Å². The molecule has 0 unspecified atom stereocenters. The van der Waals surface area contributed by atoms with Crippen molar-refractivity contribution in [2.45, 2.75) is 124 Å². The number of thiazole rings is 1. The van der Waals surface area contributed by atoms with Crippen molar-refractivity contribution in [2.75, 3.05) is 44.2 Å². The molecule has 0 aliphatic carbocycles. The number of likely N-dealkylation sites (tertiary alicyclic amines) is 1. The Kier molecular flexibility index (Phi) is 15.9. The maximum absolute atomic E-state index is 14.0. The number of aliphatic hydroxyl groups excluding tert-OH is 1. The highest BCUT2D eigenvalue weighted by molar-refractivity contribution is 7.13. The lowest BCUT2D eigenvalue weighted by Gasteiger charge is -2.36. The first-order chi connectivity index (χ1) is 28.8. The molecule has 1 aromatic carbocycles. The number of amides is 5. The number of nitrogens with zero attached hydrogens (tertiary/aromatic N) is 5. The molecule has 61 heavy (non-hydrogen) atoms. The molecule has 0 bridgehead atoms. The van der Waals surface area contributed by atoms with Crippen LogP contribution in [0.2, 0.25) is 0 Å². The highest BCUT2D eigenvalue weighted by Crippen LogP contribution is 2.30. The number of unbranched alkanes of at least 4 members (excludes halogenated alkanes) is 3. The zero-order valence-corrected chi connectivity index (χ0v) is 37.8. The fraction of sp³-hybridized carbons (Fsp3) is 0.578. The van der Waals surface area contributed by atoms with Gasteiger partial charge < -0.3 is 40.5 Å². The molecule has 0 spiro atoms. The zero-order valence-electron chi connectivity index (χ0n) is 37.0. The van der Waals surface area contributed by atoms with Gasteiger partial charge in [0.05, 0.1) is 33.8 Å². The molecule has 332 valence electrons. The Hall–Kier alpha value is -5.09.